The highest BCUT2D eigenvalue weighted by molar-refractivity contribution is 6.18. The van der Waals surface area contributed by atoms with E-state index in [2.05, 4.69) is 4.99 Å². The lowest BCUT2D eigenvalue weighted by Crippen LogP contribution is -2.63. The molecule has 20 heavy (non-hydrogen) atoms. The molecule has 0 radical (unpaired) electrons. The molecule has 1 fully saturated rings. The number of methoxy groups -OCH3 is 1. The first kappa shape index (κ1) is 12.8. The van der Waals surface area contributed by atoms with E-state index in [0.717, 1.165) is 0 Å². The van der Waals surface area contributed by atoms with Gasteiger partial charge in [0.15, 0.2) is 0 Å². The number of ether oxygens (including phenoxy) is 1. The molecule has 1 unspecified atom stereocenters. The van der Waals surface area contributed by atoms with Gasteiger partial charge in [0.1, 0.15) is 12.0 Å². The molecule has 0 saturated carbocycles. The molecule has 1 atom stereocenters. The summed E-state index contributed by atoms with van der Waals surface area (Å²) in [4.78, 5) is 31.5. The number of urea groups is 1. The minimum Gasteiger partial charge on any atom is -0.390 e. The first-order valence-electron chi connectivity index (χ1n) is 6.22. The lowest BCUT2D eigenvalue weighted by molar-refractivity contribution is -0.679. The average molecular weight is 279 g/mol. The van der Waals surface area contributed by atoms with Gasteiger partial charge in [0.25, 0.3) is 17.8 Å². The second kappa shape index (κ2) is 4.41. The van der Waals surface area contributed by atoms with Crippen molar-refractivity contribution >= 4 is 23.8 Å². The number of carbonyl (C=O) groups is 2. The molecule has 106 valence electrons. The van der Waals surface area contributed by atoms with E-state index >= 15 is 0 Å². The maximum Gasteiger partial charge on any atom is 0.506 e. The van der Waals surface area contributed by atoms with Gasteiger partial charge in [0.2, 0.25) is 0 Å². The molecule has 8 heteroatoms. The number of fused-ring (bicyclic) bond motifs is 3. The molecule has 0 aliphatic carbocycles. The topological polar surface area (TPSA) is 79.2 Å². The van der Waals surface area contributed by atoms with Gasteiger partial charge >= 0.3 is 12.0 Å². The van der Waals surface area contributed by atoms with Gasteiger partial charge in [0.05, 0.1) is 13.2 Å². The van der Waals surface area contributed by atoms with Crippen LogP contribution in [-0.2, 0) is 9.53 Å². The Morgan fingerprint density at radius 3 is 2.95 bits per heavy atom. The van der Waals surface area contributed by atoms with Gasteiger partial charge in [0, 0.05) is 19.1 Å². The van der Waals surface area contributed by atoms with Crippen molar-refractivity contribution in [1.82, 2.24) is 9.80 Å². The van der Waals surface area contributed by atoms with Gasteiger partial charge in [-0.05, 0) is 6.92 Å². The van der Waals surface area contributed by atoms with E-state index in [1.165, 1.54) is 16.9 Å². The molecule has 1 saturated heterocycles. The summed E-state index contributed by atoms with van der Waals surface area (Å²) in [5.74, 6) is 0.750. The molecule has 0 aromatic carbocycles. The smallest absolute Gasteiger partial charge is 0.390 e. The Morgan fingerprint density at radius 2 is 2.25 bits per heavy atom. The third-order valence-corrected chi connectivity index (χ3v) is 3.41. The molecule has 2 aliphatic heterocycles. The molecular formula is C12H15N4O4+. The average Bonchev–Trinajstić information content (AvgIpc) is 2.92. The summed E-state index contributed by atoms with van der Waals surface area (Å²) < 4.78 is 12.0. The Labute approximate surface area is 115 Å². The standard InChI is InChI=1S/C12H15N4O4/c1-7-6-16-8-9(13-11(16)20-7)14(2)12(18)15(10(8)17)4-5-19-3/h6,8H,4-5H2,1-3H3/q+1. The Bertz CT molecular complexity index is 621. The number of carbonyl (C=O) groups excluding carboxylic acids is 2. The zero-order valence-electron chi connectivity index (χ0n) is 11.5. The van der Waals surface area contributed by atoms with Gasteiger partial charge in [-0.2, -0.15) is 4.57 Å². The van der Waals surface area contributed by atoms with Crippen LogP contribution in [0.15, 0.2) is 15.6 Å². The first-order valence-corrected chi connectivity index (χ1v) is 6.22. The van der Waals surface area contributed by atoms with E-state index in [1.807, 2.05) is 0 Å². The zero-order valence-corrected chi connectivity index (χ0v) is 11.5. The molecule has 3 heterocycles. The lowest BCUT2D eigenvalue weighted by atomic mass is 10.1. The van der Waals surface area contributed by atoms with Crippen molar-refractivity contribution in [3.63, 3.8) is 0 Å². The number of likely N-dealkylation sites (N-methyl/N-ethyl adjacent to an activating group) is 1. The quantitative estimate of drug-likeness (QED) is 0.730. The Hall–Kier alpha value is -2.22. The largest absolute Gasteiger partial charge is 0.506 e. The van der Waals surface area contributed by atoms with E-state index in [0.29, 0.717) is 24.2 Å². The van der Waals surface area contributed by atoms with Gasteiger partial charge in [-0.1, -0.05) is 0 Å². The predicted molar refractivity (Wildman–Crippen MR) is 66.5 cm³/mol. The van der Waals surface area contributed by atoms with Crippen LogP contribution in [0.1, 0.15) is 11.8 Å². The van der Waals surface area contributed by atoms with E-state index in [-0.39, 0.29) is 12.5 Å². The van der Waals surface area contributed by atoms with E-state index in [1.54, 1.807) is 24.7 Å². The number of hydrogen-bond donors (Lipinski definition) is 0. The molecule has 0 bridgehead atoms. The monoisotopic (exact) mass is 279 g/mol. The van der Waals surface area contributed by atoms with Crippen LogP contribution in [-0.4, -0.2) is 54.9 Å². The molecule has 2 aliphatic rings. The van der Waals surface area contributed by atoms with Crippen LogP contribution in [0.5, 0.6) is 0 Å². The minimum absolute atomic E-state index is 0.217. The normalized spacial score (nSPS) is 21.1. The summed E-state index contributed by atoms with van der Waals surface area (Å²) >= 11 is 0. The fourth-order valence-corrected chi connectivity index (χ4v) is 2.42. The lowest BCUT2D eigenvalue weighted by Gasteiger charge is -2.31. The van der Waals surface area contributed by atoms with Crippen molar-refractivity contribution in [2.24, 2.45) is 4.99 Å². The molecule has 1 aromatic heterocycles. The highest BCUT2D eigenvalue weighted by atomic mass is 16.5. The molecule has 3 amide bonds. The van der Waals surface area contributed by atoms with Crippen molar-refractivity contribution in [3.8, 4) is 0 Å². The SMILES string of the molecule is COCCN1C(=O)C2C(=Nc3oc(C)c[n+]32)N(C)C1=O. The number of aromatic nitrogens is 1. The number of aryl methyl sites for hydroxylation is 1. The highest BCUT2D eigenvalue weighted by Gasteiger charge is 2.54. The van der Waals surface area contributed by atoms with Crippen LogP contribution in [0, 0.1) is 6.92 Å². The molecule has 0 N–H and O–H groups in total. The van der Waals surface area contributed by atoms with E-state index < -0.39 is 12.1 Å². The fraction of sp³-hybridized carbons (Fsp3) is 0.500. The van der Waals surface area contributed by atoms with Crippen LogP contribution in [0.25, 0.3) is 0 Å². The summed E-state index contributed by atoms with van der Waals surface area (Å²) in [6.45, 7) is 2.30. The second-order valence-electron chi connectivity index (χ2n) is 4.73. The van der Waals surface area contributed by atoms with Crippen LogP contribution in [0.4, 0.5) is 10.8 Å². The predicted octanol–water partition coefficient (Wildman–Crippen LogP) is 0.000620. The van der Waals surface area contributed by atoms with Gasteiger partial charge < -0.3 is 9.15 Å². The molecule has 8 nitrogen and oxygen atoms in total. The van der Waals surface area contributed by atoms with E-state index in [4.69, 9.17) is 9.15 Å². The number of nitrogens with zero attached hydrogens (tertiary/aromatic N) is 4. The van der Waals surface area contributed by atoms with Crippen LogP contribution in [0.3, 0.4) is 0 Å². The van der Waals surface area contributed by atoms with Crippen molar-refractivity contribution in [1.29, 1.82) is 0 Å². The summed E-state index contributed by atoms with van der Waals surface area (Å²) in [6, 6.07) is -0.698. The third-order valence-electron chi connectivity index (χ3n) is 3.41. The van der Waals surface area contributed by atoms with Crippen LogP contribution in [0.2, 0.25) is 0 Å². The third kappa shape index (κ3) is 1.64. The summed E-state index contributed by atoms with van der Waals surface area (Å²) in [5, 5.41) is 0. The number of rotatable bonds is 3. The van der Waals surface area contributed by atoms with Crippen LogP contribution < -0.4 is 4.57 Å². The Balaban J connectivity index is 1.99. The molecule has 3 rings (SSSR count). The van der Waals surface area contributed by atoms with Crippen molar-refractivity contribution < 1.29 is 23.3 Å². The minimum atomic E-state index is -0.637. The fourth-order valence-electron chi connectivity index (χ4n) is 2.42. The van der Waals surface area contributed by atoms with Crippen LogP contribution >= 0.6 is 0 Å². The summed E-state index contributed by atoms with van der Waals surface area (Å²) in [7, 11) is 3.12. The molecule has 1 aromatic rings. The Kier molecular flexibility index (Phi) is 2.82. The van der Waals surface area contributed by atoms with Crippen molar-refractivity contribution in [3.05, 3.63) is 12.0 Å². The molecular weight excluding hydrogens is 264 g/mol. The van der Waals surface area contributed by atoms with Crippen molar-refractivity contribution in [2.75, 3.05) is 27.3 Å². The molecule has 0 spiro atoms. The summed E-state index contributed by atoms with van der Waals surface area (Å²) in [6.07, 6.45) is 1.71. The Morgan fingerprint density at radius 1 is 1.50 bits per heavy atom. The first-order chi connectivity index (χ1) is 9.54. The maximum absolute atomic E-state index is 12.5. The van der Waals surface area contributed by atoms with Gasteiger partial charge in [-0.3, -0.25) is 14.6 Å². The van der Waals surface area contributed by atoms with Gasteiger partial charge in [-0.25, -0.2) is 4.79 Å². The number of amidine groups is 1. The highest BCUT2D eigenvalue weighted by Crippen LogP contribution is 2.28. The number of oxazole rings is 1. The van der Waals surface area contributed by atoms with Gasteiger partial charge in [-0.15, -0.1) is 0 Å². The number of amides is 3. The number of hydrogen-bond acceptors (Lipinski definition) is 5. The zero-order chi connectivity index (χ0) is 14.4. The summed E-state index contributed by atoms with van der Waals surface area (Å²) in [5.41, 5.74) is 0. The number of aliphatic imine (C=N–C) groups is 1. The van der Waals surface area contributed by atoms with Crippen molar-refractivity contribution in [2.45, 2.75) is 13.0 Å². The van der Waals surface area contributed by atoms with E-state index in [9.17, 15) is 9.59 Å². The number of imide groups is 1. The second-order valence-corrected chi connectivity index (χ2v) is 4.73. The maximum atomic E-state index is 12.5.